The number of halogens is 3. The molecule has 1 aromatic rings. The molecule has 22 heavy (non-hydrogen) atoms. The van der Waals surface area contributed by atoms with Crippen molar-refractivity contribution in [2.75, 3.05) is 37.6 Å². The van der Waals surface area contributed by atoms with Gasteiger partial charge in [-0.3, -0.25) is 4.79 Å². The summed E-state index contributed by atoms with van der Waals surface area (Å²) in [6, 6.07) is 7.37. The van der Waals surface area contributed by atoms with Crippen molar-refractivity contribution in [3.05, 3.63) is 30.1 Å². The molecule has 1 N–H and O–H groups in total. The van der Waals surface area contributed by atoms with Gasteiger partial charge >= 0.3 is 0 Å². The van der Waals surface area contributed by atoms with Crippen LogP contribution in [0.25, 0.3) is 0 Å². The van der Waals surface area contributed by atoms with Crippen molar-refractivity contribution < 1.29 is 9.18 Å². The van der Waals surface area contributed by atoms with E-state index in [1.54, 1.807) is 12.1 Å². The Balaban J connectivity index is 0.00000121. The van der Waals surface area contributed by atoms with Crippen LogP contribution in [0.5, 0.6) is 0 Å². The molecule has 0 aromatic heterocycles. The minimum Gasteiger partial charge on any atom is -0.366 e. The molecule has 1 heterocycles. The molecule has 1 aromatic carbocycles. The Labute approximate surface area is 142 Å². The topological polar surface area (TPSA) is 35.6 Å². The van der Waals surface area contributed by atoms with Gasteiger partial charge < -0.3 is 15.1 Å². The van der Waals surface area contributed by atoms with E-state index in [2.05, 4.69) is 5.32 Å². The van der Waals surface area contributed by atoms with Gasteiger partial charge in [0.25, 0.3) is 0 Å². The Morgan fingerprint density at radius 2 is 1.77 bits per heavy atom. The molecule has 0 atom stereocenters. The summed E-state index contributed by atoms with van der Waals surface area (Å²) in [6.45, 7) is 3.15. The van der Waals surface area contributed by atoms with Gasteiger partial charge in [0.2, 0.25) is 5.91 Å². The number of hydrogen-bond donors (Lipinski definition) is 1. The van der Waals surface area contributed by atoms with Crippen LogP contribution < -0.4 is 10.2 Å². The van der Waals surface area contributed by atoms with Gasteiger partial charge in [-0.05, 0) is 25.0 Å². The van der Waals surface area contributed by atoms with Crippen LogP contribution in [0.4, 0.5) is 10.1 Å². The lowest BCUT2D eigenvalue weighted by atomic mass is 10.2. The molecule has 0 unspecified atom stereocenters. The zero-order valence-electron chi connectivity index (χ0n) is 12.3. The maximum atomic E-state index is 13.7. The largest absolute Gasteiger partial charge is 0.366 e. The molecule has 1 aliphatic carbocycles. The number of benzene rings is 1. The number of carbonyl (C=O) groups excluding carboxylic acids is 1. The molecule has 4 nitrogen and oxygen atoms in total. The minimum absolute atomic E-state index is 0. The van der Waals surface area contributed by atoms with Gasteiger partial charge in [0.1, 0.15) is 5.82 Å². The number of nitrogens with one attached hydrogen (secondary N) is 1. The van der Waals surface area contributed by atoms with Crippen molar-refractivity contribution in [1.29, 1.82) is 0 Å². The van der Waals surface area contributed by atoms with Gasteiger partial charge in [-0.2, -0.15) is 0 Å². The fourth-order valence-corrected chi connectivity index (χ4v) is 2.54. The van der Waals surface area contributed by atoms with E-state index in [1.165, 1.54) is 18.9 Å². The molecule has 0 spiro atoms. The Kier molecular flexibility index (Phi) is 7.39. The summed E-state index contributed by atoms with van der Waals surface area (Å²) in [5.41, 5.74) is 0.635. The summed E-state index contributed by atoms with van der Waals surface area (Å²) in [5, 5.41) is 3.24. The van der Waals surface area contributed by atoms with Crippen molar-refractivity contribution in [1.82, 2.24) is 10.2 Å². The predicted octanol–water partition coefficient (Wildman–Crippen LogP) is 2.07. The summed E-state index contributed by atoms with van der Waals surface area (Å²) in [5.74, 6) is -0.0345. The van der Waals surface area contributed by atoms with Crippen LogP contribution in [-0.4, -0.2) is 49.6 Å². The van der Waals surface area contributed by atoms with E-state index < -0.39 is 0 Å². The van der Waals surface area contributed by atoms with Gasteiger partial charge in [0.15, 0.2) is 0 Å². The molecule has 3 rings (SSSR count). The first-order chi connectivity index (χ1) is 9.74. The first-order valence-electron chi connectivity index (χ1n) is 7.24. The highest BCUT2D eigenvalue weighted by Crippen LogP contribution is 2.20. The fourth-order valence-electron chi connectivity index (χ4n) is 2.54. The highest BCUT2D eigenvalue weighted by molar-refractivity contribution is 5.85. The lowest BCUT2D eigenvalue weighted by Crippen LogP contribution is -2.51. The predicted molar refractivity (Wildman–Crippen MR) is 90.7 cm³/mol. The lowest BCUT2D eigenvalue weighted by Gasteiger charge is -2.36. The number of rotatable bonds is 4. The number of hydrogen-bond acceptors (Lipinski definition) is 3. The highest BCUT2D eigenvalue weighted by atomic mass is 35.5. The number of para-hydroxylation sites is 1. The van der Waals surface area contributed by atoms with Crippen LogP contribution in [0.1, 0.15) is 12.8 Å². The monoisotopic (exact) mass is 349 g/mol. The number of carbonyl (C=O) groups is 1. The van der Waals surface area contributed by atoms with Crippen LogP contribution in [-0.2, 0) is 4.79 Å². The average molecular weight is 350 g/mol. The normalized spacial score (nSPS) is 17.5. The first kappa shape index (κ1) is 19.0. The maximum absolute atomic E-state index is 13.7. The van der Waals surface area contributed by atoms with E-state index in [9.17, 15) is 9.18 Å². The molecule has 1 aliphatic heterocycles. The van der Waals surface area contributed by atoms with E-state index in [4.69, 9.17) is 0 Å². The lowest BCUT2D eigenvalue weighted by molar-refractivity contribution is -0.130. The van der Waals surface area contributed by atoms with Gasteiger partial charge in [-0.1, -0.05) is 12.1 Å². The van der Waals surface area contributed by atoms with Gasteiger partial charge in [0, 0.05) is 32.2 Å². The second-order valence-electron chi connectivity index (χ2n) is 5.47. The van der Waals surface area contributed by atoms with Gasteiger partial charge in [-0.15, -0.1) is 24.8 Å². The fraction of sp³-hybridized carbons (Fsp3) is 0.533. The molecule has 1 saturated heterocycles. The number of amides is 1. The number of piperazine rings is 1. The van der Waals surface area contributed by atoms with Crippen LogP contribution >= 0.6 is 24.8 Å². The molecule has 0 radical (unpaired) electrons. The first-order valence-corrected chi connectivity index (χ1v) is 7.24. The Bertz CT molecular complexity index is 491. The summed E-state index contributed by atoms with van der Waals surface area (Å²) in [6.07, 6.45) is 2.38. The zero-order chi connectivity index (χ0) is 13.9. The van der Waals surface area contributed by atoms with Gasteiger partial charge in [-0.25, -0.2) is 4.39 Å². The Morgan fingerprint density at radius 1 is 1.14 bits per heavy atom. The van der Waals surface area contributed by atoms with E-state index in [0.717, 1.165) is 0 Å². The van der Waals surface area contributed by atoms with Gasteiger partial charge in [0.05, 0.1) is 12.2 Å². The second-order valence-corrected chi connectivity index (χ2v) is 5.47. The third-order valence-corrected chi connectivity index (χ3v) is 3.94. The molecule has 124 valence electrons. The van der Waals surface area contributed by atoms with Crippen molar-refractivity contribution >= 4 is 36.4 Å². The standard InChI is InChI=1S/C15H20FN3O.2ClH/c16-13-3-1-2-4-14(13)18-7-9-19(10-8-18)15(20)11-17-12-5-6-12;;/h1-4,12,17H,5-11H2;2*1H. The quantitative estimate of drug-likeness (QED) is 0.903. The highest BCUT2D eigenvalue weighted by Gasteiger charge is 2.25. The second kappa shape index (κ2) is 8.56. The third kappa shape index (κ3) is 4.73. The summed E-state index contributed by atoms with van der Waals surface area (Å²) < 4.78 is 13.7. The van der Waals surface area contributed by atoms with Crippen molar-refractivity contribution in [2.24, 2.45) is 0 Å². The molecule has 2 fully saturated rings. The average Bonchev–Trinajstić information content (AvgIpc) is 3.30. The minimum atomic E-state index is -0.192. The zero-order valence-corrected chi connectivity index (χ0v) is 14.0. The molecule has 2 aliphatic rings. The molecule has 0 bridgehead atoms. The van der Waals surface area contributed by atoms with Crippen molar-refractivity contribution in [2.45, 2.75) is 18.9 Å². The van der Waals surface area contributed by atoms with Crippen molar-refractivity contribution in [3.8, 4) is 0 Å². The molecular weight excluding hydrogens is 328 g/mol. The third-order valence-electron chi connectivity index (χ3n) is 3.94. The van der Waals surface area contributed by atoms with Crippen LogP contribution in [0.2, 0.25) is 0 Å². The number of nitrogens with zero attached hydrogens (tertiary/aromatic N) is 2. The van der Waals surface area contributed by atoms with Crippen LogP contribution in [0.15, 0.2) is 24.3 Å². The molecular formula is C15H22Cl2FN3O. The van der Waals surface area contributed by atoms with Crippen molar-refractivity contribution in [3.63, 3.8) is 0 Å². The van der Waals surface area contributed by atoms with E-state index in [-0.39, 0.29) is 36.5 Å². The molecule has 1 amide bonds. The smallest absolute Gasteiger partial charge is 0.236 e. The van der Waals surface area contributed by atoms with Crippen LogP contribution in [0, 0.1) is 5.82 Å². The van der Waals surface area contributed by atoms with E-state index >= 15 is 0 Å². The molecule has 1 saturated carbocycles. The van der Waals surface area contributed by atoms with E-state index in [1.807, 2.05) is 15.9 Å². The van der Waals surface area contributed by atoms with E-state index in [0.29, 0.717) is 44.5 Å². The summed E-state index contributed by atoms with van der Waals surface area (Å²) in [4.78, 5) is 15.9. The Hall–Kier alpha value is -1.04. The SMILES string of the molecule is Cl.Cl.O=C(CNC1CC1)N1CCN(c2ccccc2F)CC1. The summed E-state index contributed by atoms with van der Waals surface area (Å²) >= 11 is 0. The number of anilines is 1. The maximum Gasteiger partial charge on any atom is 0.236 e. The van der Waals surface area contributed by atoms with Crippen LogP contribution in [0.3, 0.4) is 0 Å². The molecule has 7 heteroatoms. The summed E-state index contributed by atoms with van der Waals surface area (Å²) in [7, 11) is 0. The Morgan fingerprint density at radius 3 is 2.36 bits per heavy atom.